The van der Waals surface area contributed by atoms with Crippen molar-refractivity contribution in [2.75, 3.05) is 0 Å². The van der Waals surface area contributed by atoms with Crippen molar-refractivity contribution in [2.24, 2.45) is 11.8 Å². The Bertz CT molecular complexity index is 549. The van der Waals surface area contributed by atoms with E-state index < -0.39 is 28.5 Å². The van der Waals surface area contributed by atoms with Crippen LogP contribution < -0.4 is 0 Å². The van der Waals surface area contributed by atoms with E-state index in [0.29, 0.717) is 25.2 Å². The number of carbonyl (C=O) groups excluding carboxylic acids is 3. The Kier molecular flexibility index (Phi) is 4.91. The summed E-state index contributed by atoms with van der Waals surface area (Å²) < 4.78 is 16.5. The average molecular weight is 403 g/mol. The fourth-order valence-electron chi connectivity index (χ4n) is 4.26. The van der Waals surface area contributed by atoms with Crippen LogP contribution in [0.2, 0.25) is 0 Å². The molecular weight excluding hydrogens is 380 g/mol. The van der Waals surface area contributed by atoms with Crippen LogP contribution in [0.25, 0.3) is 0 Å². The highest BCUT2D eigenvalue weighted by Crippen LogP contribution is 2.51. The Labute approximate surface area is 149 Å². The highest BCUT2D eigenvalue weighted by Gasteiger charge is 2.55. The second kappa shape index (κ2) is 6.65. The van der Waals surface area contributed by atoms with Crippen molar-refractivity contribution >= 4 is 33.8 Å². The van der Waals surface area contributed by atoms with Crippen LogP contribution in [0.3, 0.4) is 0 Å². The summed E-state index contributed by atoms with van der Waals surface area (Å²) in [5.74, 6) is -1.01. The van der Waals surface area contributed by atoms with Crippen LogP contribution in [0.5, 0.6) is 0 Å². The third-order valence-corrected chi connectivity index (χ3v) is 6.29. The number of esters is 3. The van der Waals surface area contributed by atoms with Gasteiger partial charge in [-0.05, 0) is 38.5 Å². The van der Waals surface area contributed by atoms with Crippen molar-refractivity contribution in [3.8, 4) is 0 Å². The minimum Gasteiger partial charge on any atom is -0.462 e. The predicted octanol–water partition coefficient (Wildman–Crippen LogP) is 2.51. The van der Waals surface area contributed by atoms with E-state index in [0.717, 1.165) is 19.3 Å². The Morgan fingerprint density at radius 2 is 2.04 bits per heavy atom. The zero-order chi connectivity index (χ0) is 17.5. The number of hydrogen-bond donors (Lipinski definition) is 0. The van der Waals surface area contributed by atoms with E-state index >= 15 is 0 Å². The normalized spacial score (nSPS) is 36.5. The highest BCUT2D eigenvalue weighted by atomic mass is 79.9. The fourth-order valence-corrected chi connectivity index (χ4v) is 4.37. The van der Waals surface area contributed by atoms with Crippen molar-refractivity contribution in [1.82, 2.24) is 0 Å². The fraction of sp³-hybridized carbons (Fsp3) is 0.824. The molecule has 7 heteroatoms. The van der Waals surface area contributed by atoms with Gasteiger partial charge in [-0.3, -0.25) is 9.59 Å². The second-order valence-electron chi connectivity index (χ2n) is 7.26. The molecule has 2 heterocycles. The molecule has 2 saturated carbocycles. The molecular formula is C17H23BrO6. The standard InChI is InChI=1S/C17H23BrO6/c1-3-13(18)16(21)22-9(2)14(19)24-17-6-10-4-11(7-17)15(20)23-12(5-10)8-17/h9-13H,3-8H2,1-2H3. The van der Waals surface area contributed by atoms with Crippen LogP contribution in [-0.2, 0) is 28.6 Å². The monoisotopic (exact) mass is 402 g/mol. The molecule has 6 unspecified atom stereocenters. The van der Waals surface area contributed by atoms with Crippen LogP contribution in [0.1, 0.15) is 52.4 Å². The number of hydrogen-bond acceptors (Lipinski definition) is 6. The van der Waals surface area contributed by atoms with E-state index in [4.69, 9.17) is 14.2 Å². The lowest BCUT2D eigenvalue weighted by molar-refractivity contribution is -0.188. The summed E-state index contributed by atoms with van der Waals surface area (Å²) in [5, 5.41) is 0. The molecule has 2 saturated heterocycles. The molecule has 2 aliphatic carbocycles. The highest BCUT2D eigenvalue weighted by molar-refractivity contribution is 9.10. The minimum atomic E-state index is -0.963. The maximum absolute atomic E-state index is 12.4. The van der Waals surface area contributed by atoms with Crippen molar-refractivity contribution < 1.29 is 28.6 Å². The van der Waals surface area contributed by atoms with Gasteiger partial charge in [-0.2, -0.15) is 0 Å². The number of rotatable bonds is 5. The first-order valence-electron chi connectivity index (χ1n) is 8.60. The molecule has 134 valence electrons. The van der Waals surface area contributed by atoms with Gasteiger partial charge in [0, 0.05) is 12.8 Å². The Hall–Kier alpha value is -1.11. The van der Waals surface area contributed by atoms with Gasteiger partial charge in [0.2, 0.25) is 0 Å². The minimum absolute atomic E-state index is 0.162. The van der Waals surface area contributed by atoms with E-state index in [9.17, 15) is 14.4 Å². The Morgan fingerprint density at radius 1 is 1.29 bits per heavy atom. The van der Waals surface area contributed by atoms with E-state index in [2.05, 4.69) is 15.9 Å². The van der Waals surface area contributed by atoms with Crippen molar-refractivity contribution in [3.05, 3.63) is 0 Å². The number of alkyl halides is 1. The van der Waals surface area contributed by atoms with E-state index in [1.54, 1.807) is 0 Å². The largest absolute Gasteiger partial charge is 0.462 e. The maximum Gasteiger partial charge on any atom is 0.347 e. The quantitative estimate of drug-likeness (QED) is 0.399. The summed E-state index contributed by atoms with van der Waals surface area (Å²) in [6.45, 7) is 3.37. The molecule has 24 heavy (non-hydrogen) atoms. The van der Waals surface area contributed by atoms with Gasteiger partial charge in [0.15, 0.2) is 6.10 Å². The molecule has 2 aliphatic heterocycles. The first-order chi connectivity index (χ1) is 11.3. The molecule has 0 spiro atoms. The molecule has 0 aromatic carbocycles. The molecule has 4 aliphatic rings. The summed E-state index contributed by atoms with van der Waals surface area (Å²) in [5.41, 5.74) is -0.654. The van der Waals surface area contributed by atoms with Crippen LogP contribution in [0.15, 0.2) is 0 Å². The summed E-state index contributed by atoms with van der Waals surface area (Å²) in [6, 6.07) is 0. The number of ether oxygens (including phenoxy) is 3. The molecule has 4 bridgehead atoms. The molecule has 6 nitrogen and oxygen atoms in total. The average Bonchev–Trinajstić information content (AvgIpc) is 2.67. The molecule has 0 aromatic heterocycles. The molecule has 0 N–H and O–H groups in total. The predicted molar refractivity (Wildman–Crippen MR) is 87.3 cm³/mol. The van der Waals surface area contributed by atoms with Crippen LogP contribution in [-0.4, -0.2) is 40.5 Å². The third kappa shape index (κ3) is 3.46. The van der Waals surface area contributed by atoms with Gasteiger partial charge in [-0.15, -0.1) is 0 Å². The van der Waals surface area contributed by atoms with Crippen LogP contribution in [0.4, 0.5) is 0 Å². The van der Waals surface area contributed by atoms with Gasteiger partial charge in [-0.1, -0.05) is 22.9 Å². The van der Waals surface area contributed by atoms with Gasteiger partial charge in [0.1, 0.15) is 16.5 Å². The number of halogens is 1. The summed E-state index contributed by atoms with van der Waals surface area (Å²) >= 11 is 3.21. The molecule has 0 amide bonds. The lowest BCUT2D eigenvalue weighted by atomic mass is 9.65. The second-order valence-corrected chi connectivity index (χ2v) is 8.37. The van der Waals surface area contributed by atoms with Gasteiger partial charge in [0.05, 0.1) is 5.92 Å². The first kappa shape index (κ1) is 17.7. The SMILES string of the molecule is CCC(Br)C(=O)OC(C)C(=O)OC12CC3CC(C1)OC(=O)C(C3)C2. The van der Waals surface area contributed by atoms with Crippen molar-refractivity contribution in [3.63, 3.8) is 0 Å². The van der Waals surface area contributed by atoms with Crippen LogP contribution in [0, 0.1) is 11.8 Å². The zero-order valence-electron chi connectivity index (χ0n) is 14.0. The molecule has 0 aromatic rings. The molecule has 4 fully saturated rings. The Morgan fingerprint density at radius 3 is 2.75 bits per heavy atom. The van der Waals surface area contributed by atoms with Crippen LogP contribution >= 0.6 is 15.9 Å². The van der Waals surface area contributed by atoms with Gasteiger partial charge in [0.25, 0.3) is 0 Å². The lowest BCUT2D eigenvalue weighted by Gasteiger charge is -2.45. The summed E-state index contributed by atoms with van der Waals surface area (Å²) in [6.07, 6.45) is 2.95. The molecule has 0 radical (unpaired) electrons. The van der Waals surface area contributed by atoms with Gasteiger partial charge >= 0.3 is 17.9 Å². The third-order valence-electron chi connectivity index (χ3n) is 5.27. The summed E-state index contributed by atoms with van der Waals surface area (Å²) in [7, 11) is 0. The van der Waals surface area contributed by atoms with Crippen molar-refractivity contribution in [1.29, 1.82) is 0 Å². The van der Waals surface area contributed by atoms with Crippen molar-refractivity contribution in [2.45, 2.75) is 75.0 Å². The molecule has 6 atom stereocenters. The van der Waals surface area contributed by atoms with E-state index in [1.807, 2.05) is 6.92 Å². The summed E-state index contributed by atoms with van der Waals surface area (Å²) in [4.78, 5) is 35.8. The smallest absolute Gasteiger partial charge is 0.347 e. The van der Waals surface area contributed by atoms with Gasteiger partial charge < -0.3 is 14.2 Å². The number of carbonyl (C=O) groups is 3. The Balaban J connectivity index is 1.65. The van der Waals surface area contributed by atoms with E-state index in [1.165, 1.54) is 6.92 Å². The first-order valence-corrected chi connectivity index (χ1v) is 9.51. The lowest BCUT2D eigenvalue weighted by Crippen LogP contribution is -2.49. The topological polar surface area (TPSA) is 78.9 Å². The number of fused-ring (bicyclic) bond motifs is 1. The van der Waals surface area contributed by atoms with E-state index in [-0.39, 0.29) is 18.0 Å². The molecule has 4 rings (SSSR count). The van der Waals surface area contributed by atoms with Gasteiger partial charge in [-0.25, -0.2) is 4.79 Å². The zero-order valence-corrected chi connectivity index (χ0v) is 15.5. The maximum atomic E-state index is 12.4.